The van der Waals surface area contributed by atoms with Crippen molar-refractivity contribution in [2.75, 3.05) is 26.9 Å². The van der Waals surface area contributed by atoms with Gasteiger partial charge in [0, 0.05) is 7.11 Å². The molecule has 1 rings (SSSR count). The third-order valence-electron chi connectivity index (χ3n) is 2.03. The molecule has 0 aromatic heterocycles. The van der Waals surface area contributed by atoms with Crippen LogP contribution in [-0.4, -0.2) is 26.9 Å². The van der Waals surface area contributed by atoms with Gasteiger partial charge in [-0.1, -0.05) is 12.1 Å². The normalized spacial score (nSPS) is 12.7. The lowest BCUT2D eigenvalue weighted by Crippen LogP contribution is -2.18. The summed E-state index contributed by atoms with van der Waals surface area (Å²) in [5.74, 6) is -0.258. The molecule has 1 atom stereocenters. The fourth-order valence-corrected chi connectivity index (χ4v) is 1.16. The number of methoxy groups -OCH3 is 1. The summed E-state index contributed by atoms with van der Waals surface area (Å²) in [5.41, 5.74) is 6.71. The molecule has 0 spiro atoms. The average molecular weight is 213 g/mol. The number of benzene rings is 1. The third kappa shape index (κ3) is 4.38. The fraction of sp³-hybridized carbons (Fsp3) is 0.455. The van der Waals surface area contributed by atoms with Crippen LogP contribution in [0.2, 0.25) is 0 Å². The Morgan fingerprint density at radius 2 is 1.93 bits per heavy atom. The molecule has 0 heterocycles. The number of halogens is 1. The summed E-state index contributed by atoms with van der Waals surface area (Å²) in [6, 6.07) is 5.90. The third-order valence-corrected chi connectivity index (χ3v) is 2.03. The molecule has 1 aromatic rings. The molecule has 4 heteroatoms. The maximum atomic E-state index is 12.6. The number of rotatable bonds is 6. The van der Waals surface area contributed by atoms with Crippen molar-refractivity contribution in [3.05, 3.63) is 35.6 Å². The van der Waals surface area contributed by atoms with Gasteiger partial charge in [0.05, 0.1) is 25.9 Å². The second-order valence-electron chi connectivity index (χ2n) is 3.23. The highest BCUT2D eigenvalue weighted by molar-refractivity contribution is 5.19. The van der Waals surface area contributed by atoms with Crippen molar-refractivity contribution in [1.29, 1.82) is 0 Å². The number of hydrogen-bond donors (Lipinski definition) is 1. The van der Waals surface area contributed by atoms with Crippen molar-refractivity contribution in [3.63, 3.8) is 0 Å². The zero-order valence-electron chi connectivity index (χ0n) is 8.78. The van der Waals surface area contributed by atoms with Crippen LogP contribution in [0.25, 0.3) is 0 Å². The van der Waals surface area contributed by atoms with Gasteiger partial charge in [0.2, 0.25) is 0 Å². The van der Waals surface area contributed by atoms with E-state index in [1.165, 1.54) is 12.1 Å². The van der Waals surface area contributed by atoms with Gasteiger partial charge in [0.15, 0.2) is 0 Å². The molecular weight excluding hydrogens is 197 g/mol. The van der Waals surface area contributed by atoms with Gasteiger partial charge in [-0.2, -0.15) is 0 Å². The molecule has 0 saturated carbocycles. The lowest BCUT2D eigenvalue weighted by molar-refractivity contribution is 0.0636. The van der Waals surface area contributed by atoms with Gasteiger partial charge < -0.3 is 15.2 Å². The first-order chi connectivity index (χ1) is 7.24. The van der Waals surface area contributed by atoms with Gasteiger partial charge in [-0.15, -0.1) is 0 Å². The Balaban J connectivity index is 2.33. The van der Waals surface area contributed by atoms with Gasteiger partial charge in [-0.05, 0) is 17.7 Å². The first-order valence-electron chi connectivity index (χ1n) is 4.81. The molecule has 0 bridgehead atoms. The van der Waals surface area contributed by atoms with Crippen molar-refractivity contribution < 1.29 is 13.9 Å². The summed E-state index contributed by atoms with van der Waals surface area (Å²) < 4.78 is 22.7. The monoisotopic (exact) mass is 213 g/mol. The van der Waals surface area contributed by atoms with E-state index in [4.69, 9.17) is 15.2 Å². The van der Waals surface area contributed by atoms with E-state index in [0.29, 0.717) is 19.8 Å². The van der Waals surface area contributed by atoms with E-state index in [2.05, 4.69) is 0 Å². The van der Waals surface area contributed by atoms with Crippen molar-refractivity contribution in [3.8, 4) is 0 Å². The Hall–Kier alpha value is -0.970. The summed E-state index contributed by atoms with van der Waals surface area (Å²) in [5, 5.41) is 0. The average Bonchev–Trinajstić information content (AvgIpc) is 2.25. The van der Waals surface area contributed by atoms with Gasteiger partial charge in [-0.25, -0.2) is 4.39 Å². The molecule has 0 fully saturated rings. The predicted octanol–water partition coefficient (Wildman–Crippen LogP) is 1.49. The maximum Gasteiger partial charge on any atom is 0.123 e. The number of nitrogens with two attached hydrogens (primary N) is 1. The van der Waals surface area contributed by atoms with Gasteiger partial charge in [-0.3, -0.25) is 0 Å². The molecule has 0 amide bonds. The molecule has 0 aliphatic rings. The largest absolute Gasteiger partial charge is 0.382 e. The van der Waals surface area contributed by atoms with E-state index < -0.39 is 0 Å². The lowest BCUT2D eigenvalue weighted by atomic mass is 10.1. The molecule has 1 unspecified atom stereocenters. The SMILES string of the molecule is COCCOCC(N)c1ccc(F)cc1. The Labute approximate surface area is 89.0 Å². The molecule has 0 aliphatic carbocycles. The molecule has 0 aliphatic heterocycles. The zero-order valence-corrected chi connectivity index (χ0v) is 8.78. The topological polar surface area (TPSA) is 44.5 Å². The minimum atomic E-state index is -0.258. The summed E-state index contributed by atoms with van der Waals surface area (Å²) in [7, 11) is 1.61. The number of ether oxygens (including phenoxy) is 2. The second kappa shape index (κ2) is 6.50. The molecule has 1 aromatic carbocycles. The van der Waals surface area contributed by atoms with E-state index >= 15 is 0 Å². The molecule has 84 valence electrons. The highest BCUT2D eigenvalue weighted by Crippen LogP contribution is 2.11. The summed E-state index contributed by atoms with van der Waals surface area (Å²) in [4.78, 5) is 0. The molecule has 3 nitrogen and oxygen atoms in total. The standard InChI is InChI=1S/C11H16FNO2/c1-14-6-7-15-8-11(13)9-2-4-10(12)5-3-9/h2-5,11H,6-8,13H2,1H3. The van der Waals surface area contributed by atoms with Gasteiger partial charge >= 0.3 is 0 Å². The van der Waals surface area contributed by atoms with Crippen molar-refractivity contribution in [2.45, 2.75) is 6.04 Å². The van der Waals surface area contributed by atoms with E-state index in [1.807, 2.05) is 0 Å². The van der Waals surface area contributed by atoms with Crippen molar-refractivity contribution in [1.82, 2.24) is 0 Å². The Morgan fingerprint density at radius 1 is 1.27 bits per heavy atom. The van der Waals surface area contributed by atoms with E-state index in [9.17, 15) is 4.39 Å². The van der Waals surface area contributed by atoms with E-state index in [-0.39, 0.29) is 11.9 Å². The van der Waals surface area contributed by atoms with Crippen LogP contribution in [0.5, 0.6) is 0 Å². The predicted molar refractivity (Wildman–Crippen MR) is 56.0 cm³/mol. The van der Waals surface area contributed by atoms with Crippen LogP contribution in [0.15, 0.2) is 24.3 Å². The van der Waals surface area contributed by atoms with Crippen LogP contribution in [0.3, 0.4) is 0 Å². The minimum Gasteiger partial charge on any atom is -0.382 e. The first kappa shape index (κ1) is 12.1. The number of hydrogen-bond acceptors (Lipinski definition) is 3. The zero-order chi connectivity index (χ0) is 11.1. The Kier molecular flexibility index (Phi) is 5.25. The molecule has 2 N–H and O–H groups in total. The van der Waals surface area contributed by atoms with E-state index in [1.54, 1.807) is 19.2 Å². The highest BCUT2D eigenvalue weighted by Gasteiger charge is 2.05. The minimum absolute atomic E-state index is 0.220. The van der Waals surface area contributed by atoms with Crippen LogP contribution in [-0.2, 0) is 9.47 Å². The molecule has 15 heavy (non-hydrogen) atoms. The van der Waals surface area contributed by atoms with Gasteiger partial charge in [0.25, 0.3) is 0 Å². The fourth-order valence-electron chi connectivity index (χ4n) is 1.16. The Morgan fingerprint density at radius 3 is 2.53 bits per heavy atom. The molecule has 0 radical (unpaired) electrons. The van der Waals surface area contributed by atoms with Crippen molar-refractivity contribution >= 4 is 0 Å². The van der Waals surface area contributed by atoms with Crippen LogP contribution in [0, 0.1) is 5.82 Å². The lowest BCUT2D eigenvalue weighted by Gasteiger charge is -2.12. The second-order valence-corrected chi connectivity index (χ2v) is 3.23. The molecule has 0 saturated heterocycles. The highest BCUT2D eigenvalue weighted by atomic mass is 19.1. The van der Waals surface area contributed by atoms with Crippen LogP contribution in [0.4, 0.5) is 4.39 Å². The maximum absolute atomic E-state index is 12.6. The van der Waals surface area contributed by atoms with Crippen LogP contribution >= 0.6 is 0 Å². The van der Waals surface area contributed by atoms with Crippen LogP contribution < -0.4 is 5.73 Å². The Bertz CT molecular complexity index is 276. The van der Waals surface area contributed by atoms with E-state index in [0.717, 1.165) is 5.56 Å². The van der Waals surface area contributed by atoms with Crippen molar-refractivity contribution in [2.24, 2.45) is 5.73 Å². The first-order valence-corrected chi connectivity index (χ1v) is 4.81. The smallest absolute Gasteiger partial charge is 0.123 e. The van der Waals surface area contributed by atoms with Gasteiger partial charge in [0.1, 0.15) is 5.82 Å². The van der Waals surface area contributed by atoms with Crippen LogP contribution in [0.1, 0.15) is 11.6 Å². The summed E-state index contributed by atoms with van der Waals surface area (Å²) >= 11 is 0. The quantitative estimate of drug-likeness (QED) is 0.728. The molecular formula is C11H16FNO2. The summed E-state index contributed by atoms with van der Waals surface area (Å²) in [6.45, 7) is 1.48. The summed E-state index contributed by atoms with van der Waals surface area (Å²) in [6.07, 6.45) is 0.